The molecule has 0 spiro atoms. The van der Waals surface area contributed by atoms with Gasteiger partial charge in [0.25, 0.3) is 0 Å². The van der Waals surface area contributed by atoms with Gasteiger partial charge in [-0.05, 0) is 30.5 Å². The first-order chi connectivity index (χ1) is 13.1. The molecule has 0 aliphatic carbocycles. The minimum absolute atomic E-state index is 0.0412. The van der Waals surface area contributed by atoms with Crippen molar-refractivity contribution in [3.8, 4) is 0 Å². The van der Waals surface area contributed by atoms with Gasteiger partial charge in [-0.3, -0.25) is 9.59 Å². The van der Waals surface area contributed by atoms with Gasteiger partial charge in [0.05, 0.1) is 6.61 Å². The highest BCUT2D eigenvalue weighted by atomic mass is 19.1. The van der Waals surface area contributed by atoms with Crippen molar-refractivity contribution < 1.29 is 23.5 Å². The quantitative estimate of drug-likeness (QED) is 0.288. The van der Waals surface area contributed by atoms with Crippen molar-refractivity contribution in [1.29, 1.82) is 0 Å². The second kappa shape index (κ2) is 15.2. The van der Waals surface area contributed by atoms with Gasteiger partial charge in [0.15, 0.2) is 0 Å². The first kappa shape index (κ1) is 23.1. The zero-order valence-electron chi connectivity index (χ0n) is 16.5. The van der Waals surface area contributed by atoms with Crippen LogP contribution in [0.3, 0.4) is 0 Å². The van der Waals surface area contributed by atoms with Gasteiger partial charge in [-0.2, -0.15) is 0 Å². The molecule has 0 saturated carbocycles. The summed E-state index contributed by atoms with van der Waals surface area (Å²) < 4.78 is 23.3. The summed E-state index contributed by atoms with van der Waals surface area (Å²) in [4.78, 5) is 23.3. The number of unbranched alkanes of at least 4 members (excludes halogenated alkanes) is 7. The number of rotatable bonds is 15. The molecular formula is C22H33FO4. The molecule has 152 valence electrons. The van der Waals surface area contributed by atoms with Gasteiger partial charge in [-0.25, -0.2) is 4.39 Å². The van der Waals surface area contributed by atoms with Gasteiger partial charge in [0, 0.05) is 12.8 Å². The van der Waals surface area contributed by atoms with Gasteiger partial charge in [0.1, 0.15) is 12.4 Å². The average Bonchev–Trinajstić information content (AvgIpc) is 2.65. The molecule has 0 aliphatic rings. The van der Waals surface area contributed by atoms with Crippen molar-refractivity contribution in [3.05, 3.63) is 35.6 Å². The van der Waals surface area contributed by atoms with E-state index in [1.54, 1.807) is 12.1 Å². The van der Waals surface area contributed by atoms with Crippen LogP contribution in [-0.4, -0.2) is 18.5 Å². The summed E-state index contributed by atoms with van der Waals surface area (Å²) >= 11 is 0. The Bertz CT molecular complexity index is 545. The number of hydrogen-bond donors (Lipinski definition) is 0. The van der Waals surface area contributed by atoms with E-state index in [4.69, 9.17) is 9.47 Å². The summed E-state index contributed by atoms with van der Waals surface area (Å²) in [5.41, 5.74) is 0.605. The molecule has 0 N–H and O–H groups in total. The SMILES string of the molecule is CCCCCCCCCCOC(=O)CCCC(=O)OCc1cccc(F)c1. The number of halogens is 1. The number of ether oxygens (including phenoxy) is 2. The Balaban J connectivity index is 1.95. The minimum atomic E-state index is -0.393. The molecule has 0 unspecified atom stereocenters. The summed E-state index contributed by atoms with van der Waals surface area (Å²) in [5, 5.41) is 0. The lowest BCUT2D eigenvalue weighted by atomic mass is 10.1. The number of hydrogen-bond acceptors (Lipinski definition) is 4. The molecular weight excluding hydrogens is 347 g/mol. The first-order valence-electron chi connectivity index (χ1n) is 10.2. The zero-order valence-corrected chi connectivity index (χ0v) is 16.5. The highest BCUT2D eigenvalue weighted by Gasteiger charge is 2.08. The smallest absolute Gasteiger partial charge is 0.306 e. The molecule has 0 atom stereocenters. The Morgan fingerprint density at radius 2 is 1.48 bits per heavy atom. The molecule has 0 radical (unpaired) electrons. The second-order valence-electron chi connectivity index (χ2n) is 6.84. The van der Waals surface area contributed by atoms with Crippen LogP contribution in [-0.2, 0) is 25.7 Å². The Hall–Kier alpha value is -1.91. The molecule has 0 saturated heterocycles. The van der Waals surface area contributed by atoms with Crippen molar-refractivity contribution in [2.24, 2.45) is 0 Å². The summed E-state index contributed by atoms with van der Waals surface area (Å²) in [7, 11) is 0. The molecule has 4 nitrogen and oxygen atoms in total. The monoisotopic (exact) mass is 380 g/mol. The highest BCUT2D eigenvalue weighted by Crippen LogP contribution is 2.09. The topological polar surface area (TPSA) is 52.6 Å². The van der Waals surface area contributed by atoms with Crippen molar-refractivity contribution in [2.75, 3.05) is 6.61 Å². The van der Waals surface area contributed by atoms with Crippen LogP contribution < -0.4 is 0 Å². The maximum absolute atomic E-state index is 13.0. The summed E-state index contributed by atoms with van der Waals surface area (Å²) in [6, 6.07) is 5.93. The van der Waals surface area contributed by atoms with E-state index in [2.05, 4.69) is 6.92 Å². The fourth-order valence-electron chi connectivity index (χ4n) is 2.73. The molecule has 1 rings (SSSR count). The molecule has 5 heteroatoms. The van der Waals surface area contributed by atoms with Crippen LogP contribution in [0.4, 0.5) is 4.39 Å². The molecule has 0 amide bonds. The zero-order chi connectivity index (χ0) is 19.7. The van der Waals surface area contributed by atoms with Crippen molar-refractivity contribution >= 4 is 11.9 Å². The van der Waals surface area contributed by atoms with E-state index in [1.165, 1.54) is 50.7 Å². The van der Waals surface area contributed by atoms with Crippen LogP contribution in [0.1, 0.15) is 83.1 Å². The fraction of sp³-hybridized carbons (Fsp3) is 0.636. The molecule has 0 aliphatic heterocycles. The molecule has 0 fully saturated rings. The predicted molar refractivity (Wildman–Crippen MR) is 104 cm³/mol. The van der Waals surface area contributed by atoms with Crippen LogP contribution in [0.15, 0.2) is 24.3 Å². The van der Waals surface area contributed by atoms with E-state index < -0.39 is 5.97 Å². The highest BCUT2D eigenvalue weighted by molar-refractivity contribution is 5.72. The summed E-state index contributed by atoms with van der Waals surface area (Å²) in [6.07, 6.45) is 10.4. The third-order valence-electron chi connectivity index (χ3n) is 4.31. The first-order valence-corrected chi connectivity index (χ1v) is 10.2. The maximum Gasteiger partial charge on any atom is 0.306 e. The van der Waals surface area contributed by atoms with Crippen LogP contribution in [0.5, 0.6) is 0 Å². The lowest BCUT2D eigenvalue weighted by Gasteiger charge is -2.06. The summed E-state index contributed by atoms with van der Waals surface area (Å²) in [5.74, 6) is -1.02. The predicted octanol–water partition coefficient (Wildman–Crippen LogP) is 5.72. The molecule has 0 aromatic heterocycles. The van der Waals surface area contributed by atoms with Crippen LogP contribution in [0.2, 0.25) is 0 Å². The Morgan fingerprint density at radius 1 is 0.852 bits per heavy atom. The van der Waals surface area contributed by atoms with Crippen molar-refractivity contribution in [2.45, 2.75) is 84.2 Å². The van der Waals surface area contributed by atoms with E-state index in [0.29, 0.717) is 18.6 Å². The lowest BCUT2D eigenvalue weighted by molar-refractivity contribution is -0.146. The van der Waals surface area contributed by atoms with E-state index in [-0.39, 0.29) is 31.2 Å². The van der Waals surface area contributed by atoms with Crippen LogP contribution in [0.25, 0.3) is 0 Å². The molecule has 0 bridgehead atoms. The number of carbonyl (C=O) groups excluding carboxylic acids is 2. The van der Waals surface area contributed by atoms with Gasteiger partial charge in [-0.1, -0.05) is 64.0 Å². The van der Waals surface area contributed by atoms with Crippen molar-refractivity contribution in [3.63, 3.8) is 0 Å². The average molecular weight is 381 g/mol. The Labute approximate surface area is 162 Å². The van der Waals surface area contributed by atoms with Gasteiger partial charge in [0.2, 0.25) is 0 Å². The van der Waals surface area contributed by atoms with E-state index >= 15 is 0 Å². The van der Waals surface area contributed by atoms with Crippen LogP contribution in [0, 0.1) is 5.82 Å². The van der Waals surface area contributed by atoms with Gasteiger partial charge in [-0.15, -0.1) is 0 Å². The van der Waals surface area contributed by atoms with Crippen molar-refractivity contribution in [1.82, 2.24) is 0 Å². The third-order valence-corrected chi connectivity index (χ3v) is 4.31. The number of carbonyl (C=O) groups is 2. The fourth-order valence-corrected chi connectivity index (χ4v) is 2.73. The normalized spacial score (nSPS) is 10.6. The molecule has 0 heterocycles. The standard InChI is InChI=1S/C22H33FO4/c1-2-3-4-5-6-7-8-9-16-26-21(24)14-11-15-22(25)27-18-19-12-10-13-20(23)17-19/h10,12-13,17H,2-9,11,14-16,18H2,1H3. The maximum atomic E-state index is 13.0. The minimum Gasteiger partial charge on any atom is -0.466 e. The third kappa shape index (κ3) is 13.0. The number of esters is 2. The van der Waals surface area contributed by atoms with E-state index in [0.717, 1.165) is 12.8 Å². The van der Waals surface area contributed by atoms with E-state index in [9.17, 15) is 14.0 Å². The molecule has 27 heavy (non-hydrogen) atoms. The largest absolute Gasteiger partial charge is 0.466 e. The van der Waals surface area contributed by atoms with E-state index in [1.807, 2.05) is 0 Å². The Morgan fingerprint density at radius 3 is 2.15 bits per heavy atom. The Kier molecular flexibility index (Phi) is 13.0. The molecule has 1 aromatic rings. The summed E-state index contributed by atoms with van der Waals surface area (Å²) in [6.45, 7) is 2.71. The van der Waals surface area contributed by atoms with Gasteiger partial charge >= 0.3 is 11.9 Å². The van der Waals surface area contributed by atoms with Crippen LogP contribution >= 0.6 is 0 Å². The number of benzene rings is 1. The second-order valence-corrected chi connectivity index (χ2v) is 6.84. The van der Waals surface area contributed by atoms with Gasteiger partial charge < -0.3 is 9.47 Å². The molecule has 1 aromatic carbocycles. The lowest BCUT2D eigenvalue weighted by Crippen LogP contribution is -2.09.